The Kier molecular flexibility index (Phi) is 2.42. The van der Waals surface area contributed by atoms with Crippen molar-refractivity contribution in [2.24, 2.45) is 0 Å². The minimum Gasteiger partial charge on any atom is -0.337 e. The van der Waals surface area contributed by atoms with Gasteiger partial charge in [-0.3, -0.25) is 0 Å². The number of fused-ring (bicyclic) bond motifs is 1. The largest absolute Gasteiger partial charge is 0.337 e. The summed E-state index contributed by atoms with van der Waals surface area (Å²) in [7, 11) is 0. The normalized spacial score (nSPS) is 11.1. The highest BCUT2D eigenvalue weighted by Gasteiger charge is 2.06. The molecule has 0 unspecified atom stereocenters. The van der Waals surface area contributed by atoms with Crippen LogP contribution in [-0.4, -0.2) is 9.97 Å². The van der Waals surface area contributed by atoms with Crippen molar-refractivity contribution in [3.63, 3.8) is 0 Å². The molecule has 3 rings (SSSR count). The summed E-state index contributed by atoms with van der Waals surface area (Å²) in [5.41, 5.74) is 3.13. The molecule has 0 amide bonds. The molecule has 2 nitrogen and oxygen atoms in total. The minimum atomic E-state index is 0.531. The van der Waals surface area contributed by atoms with Crippen molar-refractivity contribution < 1.29 is 0 Å². The lowest BCUT2D eigenvalue weighted by Gasteiger charge is -1.92. The maximum Gasteiger partial charge on any atom is 0.148 e. The molecular weight excluding hydrogens is 240 g/mol. The van der Waals surface area contributed by atoms with E-state index in [0.717, 1.165) is 27.3 Å². The monoisotopic (exact) mass is 248 g/mol. The first-order valence-electron chi connectivity index (χ1n) is 4.95. The van der Waals surface area contributed by atoms with Crippen LogP contribution in [0.4, 0.5) is 0 Å². The van der Waals surface area contributed by atoms with Crippen LogP contribution >= 0.6 is 22.9 Å². The SMILES string of the molecule is ClCc1ccc2nc(-c3cccs3)[nH]c2c1. The third-order valence-electron chi connectivity index (χ3n) is 2.46. The molecule has 0 aliphatic heterocycles. The zero-order valence-corrected chi connectivity index (χ0v) is 9.98. The number of imidazole rings is 1. The van der Waals surface area contributed by atoms with Gasteiger partial charge in [0.2, 0.25) is 0 Å². The van der Waals surface area contributed by atoms with E-state index < -0.39 is 0 Å². The predicted molar refractivity (Wildman–Crippen MR) is 69.0 cm³/mol. The fourth-order valence-corrected chi connectivity index (χ4v) is 2.51. The molecule has 0 saturated heterocycles. The molecule has 0 aliphatic carbocycles. The summed E-state index contributed by atoms with van der Waals surface area (Å²) >= 11 is 7.48. The van der Waals surface area contributed by atoms with Crippen molar-refractivity contribution in [3.8, 4) is 10.7 Å². The quantitative estimate of drug-likeness (QED) is 0.682. The van der Waals surface area contributed by atoms with E-state index in [-0.39, 0.29) is 0 Å². The summed E-state index contributed by atoms with van der Waals surface area (Å²) in [6.45, 7) is 0. The number of benzene rings is 1. The number of hydrogen-bond acceptors (Lipinski definition) is 2. The first-order valence-corrected chi connectivity index (χ1v) is 6.37. The van der Waals surface area contributed by atoms with Gasteiger partial charge < -0.3 is 4.98 Å². The van der Waals surface area contributed by atoms with Gasteiger partial charge in [-0.05, 0) is 29.1 Å². The zero-order valence-electron chi connectivity index (χ0n) is 8.40. The van der Waals surface area contributed by atoms with Gasteiger partial charge in [-0.15, -0.1) is 22.9 Å². The van der Waals surface area contributed by atoms with Crippen molar-refractivity contribution >= 4 is 34.0 Å². The number of aromatic nitrogens is 2. The van der Waals surface area contributed by atoms with E-state index >= 15 is 0 Å². The van der Waals surface area contributed by atoms with E-state index in [2.05, 4.69) is 16.0 Å². The number of halogens is 1. The lowest BCUT2D eigenvalue weighted by Crippen LogP contribution is -1.76. The number of alkyl halides is 1. The number of thiophene rings is 1. The van der Waals surface area contributed by atoms with Gasteiger partial charge in [0.25, 0.3) is 0 Å². The van der Waals surface area contributed by atoms with Gasteiger partial charge >= 0.3 is 0 Å². The first-order chi connectivity index (χ1) is 7.86. The van der Waals surface area contributed by atoms with Crippen LogP contribution in [0.15, 0.2) is 35.7 Å². The van der Waals surface area contributed by atoms with Crippen LogP contribution < -0.4 is 0 Å². The van der Waals surface area contributed by atoms with Crippen molar-refractivity contribution in [2.75, 3.05) is 0 Å². The Bertz CT molecular complexity index is 613. The second-order valence-electron chi connectivity index (χ2n) is 3.55. The van der Waals surface area contributed by atoms with Crippen molar-refractivity contribution in [3.05, 3.63) is 41.3 Å². The Hall–Kier alpha value is -1.32. The molecule has 1 N–H and O–H groups in total. The van der Waals surface area contributed by atoms with E-state index in [4.69, 9.17) is 11.6 Å². The highest BCUT2D eigenvalue weighted by Crippen LogP contribution is 2.25. The third-order valence-corrected chi connectivity index (χ3v) is 3.64. The van der Waals surface area contributed by atoms with Crippen molar-refractivity contribution in [1.82, 2.24) is 9.97 Å². The van der Waals surface area contributed by atoms with E-state index in [9.17, 15) is 0 Å². The molecule has 0 atom stereocenters. The Labute approximate surface area is 102 Å². The maximum absolute atomic E-state index is 5.80. The molecule has 0 radical (unpaired) electrons. The van der Waals surface area contributed by atoms with E-state index in [1.165, 1.54) is 0 Å². The Balaban J connectivity index is 2.16. The summed E-state index contributed by atoms with van der Waals surface area (Å²) < 4.78 is 0. The van der Waals surface area contributed by atoms with Gasteiger partial charge in [-0.1, -0.05) is 12.1 Å². The van der Waals surface area contributed by atoms with Gasteiger partial charge in [0.1, 0.15) is 5.82 Å². The molecule has 4 heteroatoms. The summed E-state index contributed by atoms with van der Waals surface area (Å²) in [4.78, 5) is 9.01. The topological polar surface area (TPSA) is 28.7 Å². The standard InChI is InChI=1S/C12H9ClN2S/c13-7-8-3-4-9-10(6-8)15-12(14-9)11-2-1-5-16-11/h1-6H,7H2,(H,14,15). The van der Waals surface area contributed by atoms with Crippen LogP contribution in [0.1, 0.15) is 5.56 Å². The highest BCUT2D eigenvalue weighted by atomic mass is 35.5. The minimum absolute atomic E-state index is 0.531. The Morgan fingerprint density at radius 1 is 1.31 bits per heavy atom. The van der Waals surface area contributed by atoms with Gasteiger partial charge in [0, 0.05) is 5.88 Å². The second-order valence-corrected chi connectivity index (χ2v) is 4.76. The molecular formula is C12H9ClN2S. The molecule has 0 aliphatic rings. The number of nitrogens with one attached hydrogen (secondary N) is 1. The summed E-state index contributed by atoms with van der Waals surface area (Å²) in [6, 6.07) is 10.1. The highest BCUT2D eigenvalue weighted by molar-refractivity contribution is 7.13. The van der Waals surface area contributed by atoms with Crippen LogP contribution in [-0.2, 0) is 5.88 Å². The van der Waals surface area contributed by atoms with Crippen molar-refractivity contribution in [2.45, 2.75) is 5.88 Å². The average Bonchev–Trinajstić information content (AvgIpc) is 2.96. The molecule has 3 aromatic rings. The van der Waals surface area contributed by atoms with Gasteiger partial charge in [-0.25, -0.2) is 4.98 Å². The first kappa shape index (κ1) is 9.87. The van der Waals surface area contributed by atoms with E-state index in [0.29, 0.717) is 5.88 Å². The molecule has 0 bridgehead atoms. The van der Waals surface area contributed by atoms with Gasteiger partial charge in [0.05, 0.1) is 15.9 Å². The maximum atomic E-state index is 5.80. The summed E-state index contributed by atoms with van der Waals surface area (Å²) in [6.07, 6.45) is 0. The number of hydrogen-bond donors (Lipinski definition) is 1. The molecule has 1 aromatic carbocycles. The molecule has 16 heavy (non-hydrogen) atoms. The van der Waals surface area contributed by atoms with E-state index in [1.807, 2.05) is 29.6 Å². The third kappa shape index (κ3) is 1.62. The lowest BCUT2D eigenvalue weighted by molar-refractivity contribution is 1.36. The Morgan fingerprint density at radius 2 is 2.25 bits per heavy atom. The molecule has 2 aromatic heterocycles. The van der Waals surface area contributed by atoms with Crippen molar-refractivity contribution in [1.29, 1.82) is 0 Å². The van der Waals surface area contributed by atoms with Crippen LogP contribution in [0, 0.1) is 0 Å². The Morgan fingerprint density at radius 3 is 3.00 bits per heavy atom. The van der Waals surface area contributed by atoms with Crippen LogP contribution in [0.3, 0.4) is 0 Å². The van der Waals surface area contributed by atoms with Crippen LogP contribution in [0.5, 0.6) is 0 Å². The molecule has 80 valence electrons. The van der Waals surface area contributed by atoms with E-state index in [1.54, 1.807) is 11.3 Å². The number of aromatic amines is 1. The zero-order chi connectivity index (χ0) is 11.0. The molecule has 2 heterocycles. The number of H-pyrrole nitrogens is 1. The second kappa shape index (κ2) is 3.92. The fourth-order valence-electron chi connectivity index (χ4n) is 1.67. The van der Waals surface area contributed by atoms with Crippen LogP contribution in [0.25, 0.3) is 21.7 Å². The molecule has 0 spiro atoms. The van der Waals surface area contributed by atoms with Gasteiger partial charge in [-0.2, -0.15) is 0 Å². The number of rotatable bonds is 2. The summed E-state index contributed by atoms with van der Waals surface area (Å²) in [5.74, 6) is 1.46. The number of nitrogens with zero attached hydrogens (tertiary/aromatic N) is 1. The predicted octanol–water partition coefficient (Wildman–Crippen LogP) is 4.03. The smallest absolute Gasteiger partial charge is 0.148 e. The average molecular weight is 249 g/mol. The fraction of sp³-hybridized carbons (Fsp3) is 0.0833. The van der Waals surface area contributed by atoms with Gasteiger partial charge in [0.15, 0.2) is 0 Å². The molecule has 0 saturated carbocycles. The summed E-state index contributed by atoms with van der Waals surface area (Å²) in [5, 5.41) is 2.05. The molecule has 0 fully saturated rings. The lowest BCUT2D eigenvalue weighted by atomic mass is 10.2. The van der Waals surface area contributed by atoms with Crippen LogP contribution in [0.2, 0.25) is 0 Å².